The van der Waals surface area contributed by atoms with Gasteiger partial charge in [0.1, 0.15) is 0 Å². The summed E-state index contributed by atoms with van der Waals surface area (Å²) in [5, 5.41) is 11.7. The van der Waals surface area contributed by atoms with Crippen LogP contribution in [0.3, 0.4) is 0 Å². The van der Waals surface area contributed by atoms with E-state index in [1.54, 1.807) is 11.3 Å². The summed E-state index contributed by atoms with van der Waals surface area (Å²) in [4.78, 5) is 18.2. The highest BCUT2D eigenvalue weighted by Crippen LogP contribution is 2.26. The van der Waals surface area contributed by atoms with Crippen LogP contribution in [-0.2, 0) is 11.2 Å². The smallest absolute Gasteiger partial charge is 0.227 e. The van der Waals surface area contributed by atoms with Crippen molar-refractivity contribution in [2.75, 3.05) is 39.3 Å². The number of rotatable bonds is 5. The lowest BCUT2D eigenvalue weighted by atomic mass is 9.96. The van der Waals surface area contributed by atoms with Crippen LogP contribution < -0.4 is 0 Å². The molecule has 0 spiro atoms. The number of amides is 1. The zero-order valence-electron chi connectivity index (χ0n) is 13.8. The summed E-state index contributed by atoms with van der Waals surface area (Å²) in [5.41, 5.74) is 0. The number of carbonyl (C=O) groups is 1. The molecular weight excluding hydrogens is 308 g/mol. The maximum atomic E-state index is 12.5. The van der Waals surface area contributed by atoms with Crippen LogP contribution in [0.4, 0.5) is 0 Å². The van der Waals surface area contributed by atoms with E-state index in [2.05, 4.69) is 4.90 Å². The maximum absolute atomic E-state index is 12.5. The first-order valence-electron chi connectivity index (χ1n) is 8.89. The van der Waals surface area contributed by atoms with E-state index in [9.17, 15) is 9.90 Å². The van der Waals surface area contributed by atoms with Gasteiger partial charge in [0.15, 0.2) is 0 Å². The molecule has 1 aromatic heterocycles. The highest BCUT2D eigenvalue weighted by Gasteiger charge is 2.35. The van der Waals surface area contributed by atoms with E-state index in [4.69, 9.17) is 0 Å². The van der Waals surface area contributed by atoms with Gasteiger partial charge in [-0.1, -0.05) is 18.9 Å². The quantitative estimate of drug-likeness (QED) is 0.897. The van der Waals surface area contributed by atoms with E-state index < -0.39 is 0 Å². The third-order valence-corrected chi connectivity index (χ3v) is 6.14. The van der Waals surface area contributed by atoms with Gasteiger partial charge in [-0.05, 0) is 43.3 Å². The Bertz CT molecular complexity index is 483. The Morgan fingerprint density at radius 1 is 1.17 bits per heavy atom. The maximum Gasteiger partial charge on any atom is 0.227 e. The lowest BCUT2D eigenvalue weighted by Gasteiger charge is -2.26. The molecule has 0 radical (unpaired) electrons. The van der Waals surface area contributed by atoms with Crippen molar-refractivity contribution in [3.05, 3.63) is 22.4 Å². The van der Waals surface area contributed by atoms with Gasteiger partial charge in [-0.15, -0.1) is 11.3 Å². The average Bonchev–Trinajstić information content (AvgIpc) is 3.12. The molecule has 2 unspecified atom stereocenters. The molecule has 1 amide bonds. The molecule has 4 nitrogen and oxygen atoms in total. The van der Waals surface area contributed by atoms with E-state index in [0.717, 1.165) is 24.5 Å². The van der Waals surface area contributed by atoms with Crippen LogP contribution in [0.2, 0.25) is 0 Å². The van der Waals surface area contributed by atoms with E-state index in [1.165, 1.54) is 38.8 Å². The van der Waals surface area contributed by atoms with Crippen molar-refractivity contribution in [1.29, 1.82) is 0 Å². The second-order valence-corrected chi connectivity index (χ2v) is 8.00. The molecule has 2 saturated heterocycles. The minimum Gasteiger partial charge on any atom is -0.396 e. The van der Waals surface area contributed by atoms with Crippen molar-refractivity contribution in [3.8, 4) is 0 Å². The molecule has 2 aliphatic heterocycles. The largest absolute Gasteiger partial charge is 0.396 e. The van der Waals surface area contributed by atoms with Gasteiger partial charge < -0.3 is 14.9 Å². The number of aliphatic hydroxyl groups excluding tert-OH is 1. The Hall–Kier alpha value is -0.910. The Labute approximate surface area is 143 Å². The van der Waals surface area contributed by atoms with Crippen LogP contribution in [0.1, 0.15) is 30.6 Å². The molecule has 0 aromatic carbocycles. The summed E-state index contributed by atoms with van der Waals surface area (Å²) in [6.45, 7) is 5.12. The van der Waals surface area contributed by atoms with Gasteiger partial charge in [0, 0.05) is 37.0 Å². The Morgan fingerprint density at radius 2 is 1.91 bits per heavy atom. The van der Waals surface area contributed by atoms with Gasteiger partial charge >= 0.3 is 0 Å². The summed E-state index contributed by atoms with van der Waals surface area (Å²) >= 11 is 1.64. The predicted octanol–water partition coefficient (Wildman–Crippen LogP) is 2.23. The summed E-state index contributed by atoms with van der Waals surface area (Å²) < 4.78 is 0. The second kappa shape index (κ2) is 8.27. The molecule has 23 heavy (non-hydrogen) atoms. The number of carbonyl (C=O) groups excluding carboxylic acids is 1. The normalized spacial score (nSPS) is 26.4. The SMILES string of the molecule is O=C(Cc1cccs1)N1CC(CO)C(CN2CCCCCC2)C1. The fourth-order valence-corrected chi connectivity index (χ4v) is 4.58. The van der Waals surface area contributed by atoms with Crippen LogP contribution in [-0.4, -0.2) is 60.1 Å². The summed E-state index contributed by atoms with van der Waals surface area (Å²) in [6, 6.07) is 4.02. The summed E-state index contributed by atoms with van der Waals surface area (Å²) in [7, 11) is 0. The first kappa shape index (κ1) is 16.9. The molecule has 2 aliphatic rings. The third-order valence-electron chi connectivity index (χ3n) is 5.26. The van der Waals surface area contributed by atoms with Crippen molar-refractivity contribution >= 4 is 17.2 Å². The van der Waals surface area contributed by atoms with Gasteiger partial charge in [0.05, 0.1) is 6.42 Å². The molecule has 0 bridgehead atoms. The minimum atomic E-state index is 0.196. The Balaban J connectivity index is 1.55. The highest BCUT2D eigenvalue weighted by atomic mass is 32.1. The van der Waals surface area contributed by atoms with Crippen molar-refractivity contribution in [2.45, 2.75) is 32.1 Å². The zero-order chi connectivity index (χ0) is 16.1. The molecule has 1 aromatic rings. The molecule has 2 atom stereocenters. The van der Waals surface area contributed by atoms with Gasteiger partial charge in [0.2, 0.25) is 5.91 Å². The topological polar surface area (TPSA) is 43.8 Å². The van der Waals surface area contributed by atoms with Gasteiger partial charge in [-0.3, -0.25) is 4.79 Å². The lowest BCUT2D eigenvalue weighted by Crippen LogP contribution is -2.35. The molecule has 0 saturated carbocycles. The number of hydrogen-bond acceptors (Lipinski definition) is 4. The minimum absolute atomic E-state index is 0.196. The number of thiophene rings is 1. The second-order valence-electron chi connectivity index (χ2n) is 6.97. The first-order chi connectivity index (χ1) is 11.3. The average molecular weight is 337 g/mol. The Kier molecular flexibility index (Phi) is 6.08. The van der Waals surface area contributed by atoms with Crippen LogP contribution in [0.25, 0.3) is 0 Å². The molecule has 0 aliphatic carbocycles. The summed E-state index contributed by atoms with van der Waals surface area (Å²) in [5.74, 6) is 0.875. The standard InChI is InChI=1S/C18H28N2O2S/c21-14-16-13-20(18(22)10-17-6-5-9-23-17)12-15(16)11-19-7-3-1-2-4-8-19/h5-6,9,15-16,21H,1-4,7-8,10-14H2. The molecule has 3 rings (SSSR count). The van der Waals surface area contributed by atoms with E-state index in [0.29, 0.717) is 12.3 Å². The Morgan fingerprint density at radius 3 is 2.57 bits per heavy atom. The number of aliphatic hydroxyl groups is 1. The van der Waals surface area contributed by atoms with Crippen LogP contribution in [0.5, 0.6) is 0 Å². The van der Waals surface area contributed by atoms with Crippen molar-refractivity contribution in [2.24, 2.45) is 11.8 Å². The molecule has 1 N–H and O–H groups in total. The van der Waals surface area contributed by atoms with Crippen LogP contribution in [0.15, 0.2) is 17.5 Å². The van der Waals surface area contributed by atoms with Gasteiger partial charge in [-0.25, -0.2) is 0 Å². The molecular formula is C18H28N2O2S. The third kappa shape index (κ3) is 4.55. The van der Waals surface area contributed by atoms with Crippen molar-refractivity contribution in [3.63, 3.8) is 0 Å². The zero-order valence-corrected chi connectivity index (χ0v) is 14.6. The number of likely N-dealkylation sites (tertiary alicyclic amines) is 2. The molecule has 2 fully saturated rings. The van der Waals surface area contributed by atoms with Crippen LogP contribution >= 0.6 is 11.3 Å². The van der Waals surface area contributed by atoms with E-state index in [1.807, 2.05) is 22.4 Å². The fourth-order valence-electron chi connectivity index (χ4n) is 3.88. The van der Waals surface area contributed by atoms with Gasteiger partial charge in [-0.2, -0.15) is 0 Å². The van der Waals surface area contributed by atoms with Crippen molar-refractivity contribution < 1.29 is 9.90 Å². The summed E-state index contributed by atoms with van der Waals surface area (Å²) in [6.07, 6.45) is 5.77. The van der Waals surface area contributed by atoms with E-state index in [-0.39, 0.29) is 18.4 Å². The fraction of sp³-hybridized carbons (Fsp3) is 0.722. The highest BCUT2D eigenvalue weighted by molar-refractivity contribution is 7.10. The van der Waals surface area contributed by atoms with Gasteiger partial charge in [0.25, 0.3) is 0 Å². The van der Waals surface area contributed by atoms with Crippen molar-refractivity contribution in [1.82, 2.24) is 9.80 Å². The monoisotopic (exact) mass is 336 g/mol. The molecule has 128 valence electrons. The van der Waals surface area contributed by atoms with E-state index >= 15 is 0 Å². The predicted molar refractivity (Wildman–Crippen MR) is 93.6 cm³/mol. The number of nitrogens with zero attached hydrogens (tertiary/aromatic N) is 2. The number of hydrogen-bond donors (Lipinski definition) is 1. The lowest BCUT2D eigenvalue weighted by molar-refractivity contribution is -0.129. The van der Waals surface area contributed by atoms with Crippen LogP contribution in [0, 0.1) is 11.8 Å². The molecule has 5 heteroatoms. The first-order valence-corrected chi connectivity index (χ1v) is 9.77. The molecule has 3 heterocycles.